The Morgan fingerprint density at radius 3 is 2.83 bits per heavy atom. The van der Waals surface area contributed by atoms with Gasteiger partial charge in [-0.1, -0.05) is 12.1 Å². The van der Waals surface area contributed by atoms with Crippen LogP contribution in [-0.2, 0) is 20.7 Å². The molecule has 1 atom stereocenters. The van der Waals surface area contributed by atoms with Crippen molar-refractivity contribution in [3.63, 3.8) is 0 Å². The lowest BCUT2D eigenvalue weighted by Gasteiger charge is -2.33. The second-order valence-electron chi connectivity index (χ2n) is 5.93. The predicted octanol–water partition coefficient (Wildman–Crippen LogP) is 0.539. The molecule has 2 rings (SSSR count). The van der Waals surface area contributed by atoms with E-state index in [4.69, 9.17) is 14.0 Å². The summed E-state index contributed by atoms with van der Waals surface area (Å²) in [5.41, 5.74) is 0.255. The Morgan fingerprint density at radius 1 is 1.46 bits per heavy atom. The number of rotatable bonds is 5. The highest BCUT2D eigenvalue weighted by molar-refractivity contribution is 5.96. The minimum absolute atomic E-state index is 0.118. The number of aryl methyl sites for hydroxylation is 2. The fraction of sp³-hybridized carbons (Fsp3) is 0.688. The Labute approximate surface area is 141 Å². The van der Waals surface area contributed by atoms with E-state index in [1.54, 1.807) is 18.9 Å². The number of amides is 2. The number of nitrogens with one attached hydrogen (secondary N) is 1. The Kier molecular flexibility index (Phi) is 5.95. The first-order chi connectivity index (χ1) is 11.5. The molecule has 24 heavy (non-hydrogen) atoms. The fourth-order valence-electron chi connectivity index (χ4n) is 2.85. The molecule has 0 spiro atoms. The van der Waals surface area contributed by atoms with Gasteiger partial charge in [-0.25, -0.2) is 0 Å². The van der Waals surface area contributed by atoms with Crippen LogP contribution in [0.1, 0.15) is 35.2 Å². The van der Waals surface area contributed by atoms with Crippen LogP contribution in [0, 0.1) is 6.92 Å². The smallest absolute Gasteiger partial charge is 0.259 e. The van der Waals surface area contributed by atoms with Crippen LogP contribution in [0.25, 0.3) is 0 Å². The van der Waals surface area contributed by atoms with E-state index >= 15 is 0 Å². The molecule has 8 heteroatoms. The van der Waals surface area contributed by atoms with Gasteiger partial charge in [-0.15, -0.1) is 0 Å². The van der Waals surface area contributed by atoms with Crippen molar-refractivity contribution in [2.24, 2.45) is 0 Å². The van der Waals surface area contributed by atoms with Crippen molar-refractivity contribution in [3.8, 4) is 0 Å². The maximum Gasteiger partial charge on any atom is 0.259 e. The number of carbonyl (C=O) groups is 2. The molecular weight excluding hydrogens is 314 g/mol. The van der Waals surface area contributed by atoms with E-state index in [1.165, 1.54) is 7.11 Å². The summed E-state index contributed by atoms with van der Waals surface area (Å²) in [6, 6.07) is 0. The van der Waals surface area contributed by atoms with Crippen molar-refractivity contribution >= 4 is 11.8 Å². The summed E-state index contributed by atoms with van der Waals surface area (Å²) in [6.45, 7) is 4.97. The second kappa shape index (κ2) is 7.76. The van der Waals surface area contributed by atoms with Gasteiger partial charge in [-0.2, -0.15) is 0 Å². The molecule has 1 N–H and O–H groups in total. The zero-order valence-corrected chi connectivity index (χ0v) is 14.7. The Morgan fingerprint density at radius 2 is 2.21 bits per heavy atom. The van der Waals surface area contributed by atoms with Gasteiger partial charge in [0.1, 0.15) is 16.9 Å². The number of nitrogens with zero attached hydrogens (tertiary/aromatic N) is 2. The Balaban J connectivity index is 2.26. The first-order valence-corrected chi connectivity index (χ1v) is 8.04. The highest BCUT2D eigenvalue weighted by Gasteiger charge is 2.39. The third-order valence-electron chi connectivity index (χ3n) is 4.31. The standard InChI is InChI=1S/C16H25N3O5/c1-5-12-14(11(2)24-18-12)15(21)19-6-7-23-10-16(9-19,22-4)8-13(20)17-3/h5-10H2,1-4H3,(H,17,20)/t16-/m0/s1. The minimum atomic E-state index is -0.871. The topological polar surface area (TPSA) is 93.9 Å². The zero-order valence-electron chi connectivity index (χ0n) is 14.7. The molecule has 8 nitrogen and oxygen atoms in total. The minimum Gasteiger partial charge on any atom is -0.377 e. The van der Waals surface area contributed by atoms with Gasteiger partial charge in [0.05, 0.1) is 31.9 Å². The fourth-order valence-corrected chi connectivity index (χ4v) is 2.85. The first-order valence-electron chi connectivity index (χ1n) is 8.04. The lowest BCUT2D eigenvalue weighted by atomic mass is 9.98. The van der Waals surface area contributed by atoms with E-state index in [1.807, 2.05) is 6.92 Å². The molecule has 0 radical (unpaired) electrons. The lowest BCUT2D eigenvalue weighted by Crippen LogP contribution is -2.50. The van der Waals surface area contributed by atoms with Crippen LogP contribution in [0.4, 0.5) is 0 Å². The molecule has 1 aromatic heterocycles. The molecule has 0 unspecified atom stereocenters. The van der Waals surface area contributed by atoms with Crippen molar-refractivity contribution in [3.05, 3.63) is 17.0 Å². The first kappa shape index (κ1) is 18.4. The van der Waals surface area contributed by atoms with Gasteiger partial charge in [0.25, 0.3) is 5.91 Å². The van der Waals surface area contributed by atoms with Gasteiger partial charge in [-0.05, 0) is 13.3 Å². The summed E-state index contributed by atoms with van der Waals surface area (Å²) in [7, 11) is 3.10. The highest BCUT2D eigenvalue weighted by atomic mass is 16.5. The van der Waals surface area contributed by atoms with Crippen LogP contribution in [0.5, 0.6) is 0 Å². The van der Waals surface area contributed by atoms with Crippen LogP contribution in [0.15, 0.2) is 4.52 Å². The van der Waals surface area contributed by atoms with E-state index in [-0.39, 0.29) is 31.4 Å². The van der Waals surface area contributed by atoms with Gasteiger partial charge in [0.15, 0.2) is 0 Å². The molecule has 2 heterocycles. The van der Waals surface area contributed by atoms with E-state index in [0.717, 1.165) is 0 Å². The summed E-state index contributed by atoms with van der Waals surface area (Å²) in [5.74, 6) is 0.163. The van der Waals surface area contributed by atoms with Crippen LogP contribution < -0.4 is 5.32 Å². The molecule has 1 aromatic rings. The van der Waals surface area contributed by atoms with E-state index in [2.05, 4.69) is 10.5 Å². The van der Waals surface area contributed by atoms with E-state index < -0.39 is 5.60 Å². The average molecular weight is 339 g/mol. The quantitative estimate of drug-likeness (QED) is 0.841. The summed E-state index contributed by atoms with van der Waals surface area (Å²) in [4.78, 5) is 26.5. The number of hydrogen-bond acceptors (Lipinski definition) is 6. The van der Waals surface area contributed by atoms with Gasteiger partial charge in [-0.3, -0.25) is 9.59 Å². The van der Waals surface area contributed by atoms with Crippen LogP contribution in [-0.4, -0.2) is 67.9 Å². The van der Waals surface area contributed by atoms with Crippen LogP contribution in [0.3, 0.4) is 0 Å². The molecule has 134 valence electrons. The van der Waals surface area contributed by atoms with Gasteiger partial charge < -0.3 is 24.2 Å². The van der Waals surface area contributed by atoms with Gasteiger partial charge >= 0.3 is 0 Å². The predicted molar refractivity (Wildman–Crippen MR) is 85.8 cm³/mol. The molecule has 0 saturated carbocycles. The molecule has 0 aromatic carbocycles. The molecule has 1 fully saturated rings. The van der Waals surface area contributed by atoms with Crippen LogP contribution >= 0.6 is 0 Å². The third kappa shape index (κ3) is 3.76. The summed E-state index contributed by atoms with van der Waals surface area (Å²) in [6.07, 6.45) is 0.726. The maximum atomic E-state index is 13.0. The molecule has 2 amide bonds. The molecule has 0 aliphatic carbocycles. The molecule has 1 aliphatic rings. The van der Waals surface area contributed by atoms with Crippen molar-refractivity contribution in [2.45, 2.75) is 32.3 Å². The SMILES string of the molecule is CCc1noc(C)c1C(=O)N1CCOC[C@@](CC(=O)NC)(OC)C1. The molecule has 0 bridgehead atoms. The summed E-state index contributed by atoms with van der Waals surface area (Å²) < 4.78 is 16.4. The van der Waals surface area contributed by atoms with Crippen molar-refractivity contribution in [1.82, 2.24) is 15.4 Å². The lowest BCUT2D eigenvalue weighted by molar-refractivity contribution is -0.131. The highest BCUT2D eigenvalue weighted by Crippen LogP contribution is 2.24. The molecular formula is C16H25N3O5. The average Bonchev–Trinajstić information content (AvgIpc) is 2.83. The van der Waals surface area contributed by atoms with Gasteiger partial charge in [0, 0.05) is 20.7 Å². The van der Waals surface area contributed by atoms with E-state index in [0.29, 0.717) is 36.6 Å². The van der Waals surface area contributed by atoms with Gasteiger partial charge in [0.2, 0.25) is 5.91 Å². The van der Waals surface area contributed by atoms with E-state index in [9.17, 15) is 9.59 Å². The summed E-state index contributed by atoms with van der Waals surface area (Å²) in [5, 5.41) is 6.53. The number of hydrogen-bond donors (Lipinski definition) is 1. The second-order valence-corrected chi connectivity index (χ2v) is 5.93. The molecule has 1 saturated heterocycles. The monoisotopic (exact) mass is 339 g/mol. The van der Waals surface area contributed by atoms with Crippen LogP contribution in [0.2, 0.25) is 0 Å². The number of carbonyl (C=O) groups excluding carboxylic acids is 2. The number of ether oxygens (including phenoxy) is 2. The Hall–Kier alpha value is -1.93. The van der Waals surface area contributed by atoms with Crippen molar-refractivity contribution < 1.29 is 23.6 Å². The summed E-state index contributed by atoms with van der Waals surface area (Å²) >= 11 is 0. The maximum absolute atomic E-state index is 13.0. The zero-order chi connectivity index (χ0) is 17.7. The van der Waals surface area contributed by atoms with Crippen molar-refractivity contribution in [2.75, 3.05) is 40.5 Å². The van der Waals surface area contributed by atoms with Crippen molar-refractivity contribution in [1.29, 1.82) is 0 Å². The number of methoxy groups -OCH3 is 1. The normalized spacial score (nSPS) is 21.4. The Bertz CT molecular complexity index is 601. The molecule has 1 aliphatic heterocycles. The third-order valence-corrected chi connectivity index (χ3v) is 4.31. The largest absolute Gasteiger partial charge is 0.377 e. The number of aromatic nitrogens is 1.